The SMILES string of the molecule is CC(=O)c1ccccc1NC(=O)CNc1ccc(F)cc1. The van der Waals surface area contributed by atoms with Gasteiger partial charge in [-0.1, -0.05) is 12.1 Å². The molecule has 2 aromatic rings. The predicted octanol–water partition coefficient (Wildman–Crippen LogP) is 3.08. The van der Waals surface area contributed by atoms with Crippen LogP contribution in [0.15, 0.2) is 48.5 Å². The Morgan fingerprint density at radius 1 is 1.05 bits per heavy atom. The van der Waals surface area contributed by atoms with Crippen LogP contribution in [0.2, 0.25) is 0 Å². The summed E-state index contributed by atoms with van der Waals surface area (Å²) in [4.78, 5) is 23.3. The number of amides is 1. The van der Waals surface area contributed by atoms with E-state index in [0.29, 0.717) is 16.9 Å². The highest BCUT2D eigenvalue weighted by Gasteiger charge is 2.09. The summed E-state index contributed by atoms with van der Waals surface area (Å²) in [6, 6.07) is 12.5. The van der Waals surface area contributed by atoms with E-state index >= 15 is 0 Å². The number of Topliss-reactive ketones (excluding diaryl/α,β-unsaturated/α-hetero) is 1. The number of hydrogen-bond acceptors (Lipinski definition) is 3. The molecular formula is C16H15FN2O2. The van der Waals surface area contributed by atoms with Crippen molar-refractivity contribution in [1.29, 1.82) is 0 Å². The van der Waals surface area contributed by atoms with E-state index in [2.05, 4.69) is 10.6 Å². The van der Waals surface area contributed by atoms with E-state index in [9.17, 15) is 14.0 Å². The first-order chi connectivity index (χ1) is 10.1. The number of nitrogens with one attached hydrogen (secondary N) is 2. The van der Waals surface area contributed by atoms with Crippen LogP contribution in [0, 0.1) is 5.82 Å². The minimum absolute atomic E-state index is 0.0257. The fraction of sp³-hybridized carbons (Fsp3) is 0.125. The molecule has 2 rings (SSSR count). The fourth-order valence-corrected chi connectivity index (χ4v) is 1.84. The van der Waals surface area contributed by atoms with Gasteiger partial charge in [0.2, 0.25) is 5.91 Å². The third kappa shape index (κ3) is 4.14. The zero-order valence-corrected chi connectivity index (χ0v) is 11.5. The summed E-state index contributed by atoms with van der Waals surface area (Å²) in [6.07, 6.45) is 0. The lowest BCUT2D eigenvalue weighted by atomic mass is 10.1. The Labute approximate surface area is 122 Å². The van der Waals surface area contributed by atoms with Crippen LogP contribution < -0.4 is 10.6 Å². The van der Waals surface area contributed by atoms with E-state index in [1.54, 1.807) is 36.4 Å². The highest BCUT2D eigenvalue weighted by Crippen LogP contribution is 2.15. The van der Waals surface area contributed by atoms with Crippen molar-refractivity contribution in [2.75, 3.05) is 17.2 Å². The molecule has 0 spiro atoms. The fourth-order valence-electron chi connectivity index (χ4n) is 1.84. The average Bonchev–Trinajstić information content (AvgIpc) is 2.47. The molecule has 0 fully saturated rings. The lowest BCUT2D eigenvalue weighted by molar-refractivity contribution is -0.114. The number of ketones is 1. The molecule has 0 saturated heterocycles. The lowest BCUT2D eigenvalue weighted by Gasteiger charge is -2.10. The molecule has 21 heavy (non-hydrogen) atoms. The number of benzene rings is 2. The van der Waals surface area contributed by atoms with E-state index in [4.69, 9.17) is 0 Å². The Balaban J connectivity index is 1.96. The maximum absolute atomic E-state index is 12.8. The molecule has 2 N–H and O–H groups in total. The van der Waals surface area contributed by atoms with Crippen molar-refractivity contribution in [3.05, 3.63) is 59.9 Å². The molecule has 2 aromatic carbocycles. The highest BCUT2D eigenvalue weighted by molar-refractivity contribution is 6.04. The third-order valence-electron chi connectivity index (χ3n) is 2.88. The smallest absolute Gasteiger partial charge is 0.243 e. The van der Waals surface area contributed by atoms with Gasteiger partial charge in [-0.2, -0.15) is 0 Å². The Morgan fingerprint density at radius 3 is 2.38 bits per heavy atom. The number of carbonyl (C=O) groups is 2. The van der Waals surface area contributed by atoms with E-state index in [1.165, 1.54) is 19.1 Å². The molecular weight excluding hydrogens is 271 g/mol. The molecule has 0 unspecified atom stereocenters. The van der Waals surface area contributed by atoms with Crippen molar-refractivity contribution in [2.24, 2.45) is 0 Å². The maximum Gasteiger partial charge on any atom is 0.243 e. The monoisotopic (exact) mass is 286 g/mol. The predicted molar refractivity (Wildman–Crippen MR) is 80.0 cm³/mol. The van der Waals surface area contributed by atoms with Gasteiger partial charge < -0.3 is 10.6 Å². The van der Waals surface area contributed by atoms with Crippen molar-refractivity contribution < 1.29 is 14.0 Å². The quantitative estimate of drug-likeness (QED) is 0.830. The van der Waals surface area contributed by atoms with Crippen LogP contribution in [0.25, 0.3) is 0 Å². The summed E-state index contributed by atoms with van der Waals surface area (Å²) in [5.41, 5.74) is 1.59. The number of anilines is 2. The number of para-hydroxylation sites is 1. The summed E-state index contributed by atoms with van der Waals surface area (Å²) in [5, 5.41) is 5.55. The molecule has 0 aliphatic carbocycles. The highest BCUT2D eigenvalue weighted by atomic mass is 19.1. The van der Waals surface area contributed by atoms with Gasteiger partial charge in [-0.15, -0.1) is 0 Å². The molecule has 4 nitrogen and oxygen atoms in total. The second-order valence-electron chi connectivity index (χ2n) is 4.51. The molecule has 1 amide bonds. The molecule has 0 radical (unpaired) electrons. The van der Waals surface area contributed by atoms with Crippen molar-refractivity contribution in [3.8, 4) is 0 Å². The number of carbonyl (C=O) groups excluding carboxylic acids is 2. The van der Waals surface area contributed by atoms with Crippen LogP contribution in [-0.2, 0) is 4.79 Å². The van der Waals surface area contributed by atoms with Gasteiger partial charge in [-0.05, 0) is 43.3 Å². The largest absolute Gasteiger partial charge is 0.376 e. The molecule has 5 heteroatoms. The first kappa shape index (κ1) is 14.7. The van der Waals surface area contributed by atoms with Crippen LogP contribution in [-0.4, -0.2) is 18.2 Å². The van der Waals surface area contributed by atoms with Gasteiger partial charge >= 0.3 is 0 Å². The van der Waals surface area contributed by atoms with Gasteiger partial charge in [0, 0.05) is 11.3 Å². The number of halogens is 1. The summed E-state index contributed by atoms with van der Waals surface area (Å²) < 4.78 is 12.8. The second-order valence-corrected chi connectivity index (χ2v) is 4.51. The van der Waals surface area contributed by atoms with Gasteiger partial charge in [0.05, 0.1) is 12.2 Å². The summed E-state index contributed by atoms with van der Waals surface area (Å²) in [7, 11) is 0. The zero-order chi connectivity index (χ0) is 15.2. The van der Waals surface area contributed by atoms with E-state index in [0.717, 1.165) is 0 Å². The Hall–Kier alpha value is -2.69. The van der Waals surface area contributed by atoms with Gasteiger partial charge in [0.1, 0.15) is 5.82 Å². The lowest BCUT2D eigenvalue weighted by Crippen LogP contribution is -2.22. The topological polar surface area (TPSA) is 58.2 Å². The van der Waals surface area contributed by atoms with E-state index in [-0.39, 0.29) is 24.1 Å². The van der Waals surface area contributed by atoms with E-state index < -0.39 is 0 Å². The third-order valence-corrected chi connectivity index (χ3v) is 2.88. The van der Waals surface area contributed by atoms with Crippen LogP contribution in [0.3, 0.4) is 0 Å². The molecule has 0 heterocycles. The van der Waals surface area contributed by atoms with Crippen LogP contribution in [0.1, 0.15) is 17.3 Å². The average molecular weight is 286 g/mol. The summed E-state index contributed by atoms with van der Waals surface area (Å²) in [5.74, 6) is -0.731. The summed E-state index contributed by atoms with van der Waals surface area (Å²) >= 11 is 0. The Bertz CT molecular complexity index is 654. The maximum atomic E-state index is 12.8. The zero-order valence-electron chi connectivity index (χ0n) is 11.5. The van der Waals surface area contributed by atoms with Crippen LogP contribution in [0.4, 0.5) is 15.8 Å². The van der Waals surface area contributed by atoms with Crippen molar-refractivity contribution in [1.82, 2.24) is 0 Å². The van der Waals surface area contributed by atoms with Crippen molar-refractivity contribution in [3.63, 3.8) is 0 Å². The van der Waals surface area contributed by atoms with Crippen molar-refractivity contribution >= 4 is 23.1 Å². The standard InChI is InChI=1S/C16H15FN2O2/c1-11(20)14-4-2-3-5-15(14)19-16(21)10-18-13-8-6-12(17)7-9-13/h2-9,18H,10H2,1H3,(H,19,21). The molecule has 108 valence electrons. The number of hydrogen-bond donors (Lipinski definition) is 2. The minimum atomic E-state index is -0.333. The van der Waals surface area contributed by atoms with Crippen LogP contribution >= 0.6 is 0 Å². The van der Waals surface area contributed by atoms with E-state index in [1.807, 2.05) is 0 Å². The molecule has 0 bridgehead atoms. The Kier molecular flexibility index (Phi) is 4.66. The normalized spacial score (nSPS) is 10.0. The Morgan fingerprint density at radius 2 is 1.71 bits per heavy atom. The van der Waals surface area contributed by atoms with Gasteiger partial charge in [0.15, 0.2) is 5.78 Å². The van der Waals surface area contributed by atoms with Crippen LogP contribution in [0.5, 0.6) is 0 Å². The number of rotatable bonds is 5. The van der Waals surface area contributed by atoms with Gasteiger partial charge in [-0.3, -0.25) is 9.59 Å². The minimum Gasteiger partial charge on any atom is -0.376 e. The van der Waals surface area contributed by atoms with Gasteiger partial charge in [0.25, 0.3) is 0 Å². The molecule has 0 aliphatic heterocycles. The van der Waals surface area contributed by atoms with Crippen molar-refractivity contribution in [2.45, 2.75) is 6.92 Å². The molecule has 0 atom stereocenters. The molecule has 0 aliphatic rings. The van der Waals surface area contributed by atoms with Gasteiger partial charge in [-0.25, -0.2) is 4.39 Å². The molecule has 0 saturated carbocycles. The molecule has 0 aromatic heterocycles. The summed E-state index contributed by atoms with van der Waals surface area (Å²) in [6.45, 7) is 1.47. The first-order valence-corrected chi connectivity index (χ1v) is 6.45. The first-order valence-electron chi connectivity index (χ1n) is 6.45. The second kappa shape index (κ2) is 6.65.